The number of sulfonamides is 1. The summed E-state index contributed by atoms with van der Waals surface area (Å²) in [5, 5.41) is 0.411. The molecular weight excluding hydrogens is 449 g/mol. The van der Waals surface area contributed by atoms with Crippen LogP contribution in [-0.2, 0) is 14.8 Å². The van der Waals surface area contributed by atoms with Gasteiger partial charge in [0.1, 0.15) is 15.7 Å². The van der Waals surface area contributed by atoms with E-state index in [4.69, 9.17) is 32.7 Å². The van der Waals surface area contributed by atoms with Gasteiger partial charge in [-0.15, -0.1) is 0 Å². The van der Waals surface area contributed by atoms with Crippen molar-refractivity contribution in [3.8, 4) is 11.5 Å². The number of carbonyl (C=O) groups excluding carboxylic acids is 1. The van der Waals surface area contributed by atoms with Gasteiger partial charge in [0.25, 0.3) is 0 Å². The molecule has 0 N–H and O–H groups in total. The van der Waals surface area contributed by atoms with E-state index >= 15 is 0 Å². The number of ether oxygens (including phenoxy) is 2. The van der Waals surface area contributed by atoms with Gasteiger partial charge in [0.2, 0.25) is 10.0 Å². The third-order valence-corrected chi connectivity index (χ3v) is 7.38. The Labute approximate surface area is 186 Å². The number of nitrogens with zero attached hydrogens (tertiary/aromatic N) is 1. The number of piperidine rings is 1. The molecule has 0 atom stereocenters. The molecule has 0 spiro atoms. The molecule has 1 aliphatic heterocycles. The highest BCUT2D eigenvalue weighted by Gasteiger charge is 2.29. The van der Waals surface area contributed by atoms with Crippen LogP contribution in [0.4, 0.5) is 0 Å². The molecule has 6 nitrogen and oxygen atoms in total. The molecule has 1 fully saturated rings. The lowest BCUT2D eigenvalue weighted by atomic mass is 10.2. The standard InChI is InChI=1S/C21H21Cl2NO5S/c1-28-17-10-8-15(14-19(17)30(26,27)24-12-3-2-4-13-24)9-11-20(25)29-18-7-5-6-16(22)21(18)23/h5-11,14H,2-4,12-13H2,1H3. The summed E-state index contributed by atoms with van der Waals surface area (Å²) in [6, 6.07) is 9.43. The number of rotatable bonds is 6. The molecule has 30 heavy (non-hydrogen) atoms. The Morgan fingerprint density at radius 3 is 2.50 bits per heavy atom. The van der Waals surface area contributed by atoms with E-state index < -0.39 is 16.0 Å². The average molecular weight is 470 g/mol. The first-order chi connectivity index (χ1) is 14.3. The second-order valence-electron chi connectivity index (χ2n) is 6.68. The zero-order chi connectivity index (χ0) is 21.7. The van der Waals surface area contributed by atoms with Crippen LogP contribution in [0.25, 0.3) is 6.08 Å². The lowest BCUT2D eigenvalue weighted by molar-refractivity contribution is -0.128. The van der Waals surface area contributed by atoms with Crippen molar-refractivity contribution in [2.75, 3.05) is 20.2 Å². The number of hydrogen-bond donors (Lipinski definition) is 0. The van der Waals surface area contributed by atoms with Crippen molar-refractivity contribution in [3.05, 3.63) is 58.1 Å². The highest BCUT2D eigenvalue weighted by atomic mass is 35.5. The molecule has 160 valence electrons. The number of hydrogen-bond acceptors (Lipinski definition) is 5. The van der Waals surface area contributed by atoms with E-state index in [1.54, 1.807) is 24.3 Å². The Bertz CT molecular complexity index is 1060. The smallest absolute Gasteiger partial charge is 0.336 e. The van der Waals surface area contributed by atoms with E-state index in [1.165, 1.54) is 35.7 Å². The number of methoxy groups -OCH3 is 1. The summed E-state index contributed by atoms with van der Waals surface area (Å²) in [6.07, 6.45) is 5.34. The molecule has 0 aliphatic carbocycles. The van der Waals surface area contributed by atoms with Crippen LogP contribution in [0.15, 0.2) is 47.4 Å². The normalized spacial score (nSPS) is 15.3. The largest absolute Gasteiger partial charge is 0.495 e. The van der Waals surface area contributed by atoms with Crippen LogP contribution in [0, 0.1) is 0 Å². The summed E-state index contributed by atoms with van der Waals surface area (Å²) in [5.74, 6) is -0.275. The van der Waals surface area contributed by atoms with E-state index in [0.717, 1.165) is 19.3 Å². The molecule has 0 bridgehead atoms. The van der Waals surface area contributed by atoms with Crippen LogP contribution >= 0.6 is 23.2 Å². The lowest BCUT2D eigenvalue weighted by Gasteiger charge is -2.26. The van der Waals surface area contributed by atoms with Crippen LogP contribution in [0.1, 0.15) is 24.8 Å². The molecule has 2 aromatic carbocycles. The Morgan fingerprint density at radius 1 is 1.07 bits per heavy atom. The molecule has 9 heteroatoms. The van der Waals surface area contributed by atoms with Gasteiger partial charge in [-0.1, -0.05) is 41.8 Å². The Kier molecular flexibility index (Phi) is 7.41. The molecule has 0 radical (unpaired) electrons. The van der Waals surface area contributed by atoms with E-state index in [0.29, 0.717) is 18.7 Å². The molecule has 1 aliphatic rings. The fraction of sp³-hybridized carbons (Fsp3) is 0.286. The second kappa shape index (κ2) is 9.83. The van der Waals surface area contributed by atoms with Crippen molar-refractivity contribution in [2.45, 2.75) is 24.2 Å². The minimum Gasteiger partial charge on any atom is -0.495 e. The monoisotopic (exact) mass is 469 g/mol. The zero-order valence-corrected chi connectivity index (χ0v) is 18.6. The van der Waals surface area contributed by atoms with Crippen molar-refractivity contribution >= 4 is 45.3 Å². The van der Waals surface area contributed by atoms with E-state index in [2.05, 4.69) is 0 Å². The first kappa shape index (κ1) is 22.6. The van der Waals surface area contributed by atoms with Crippen molar-refractivity contribution in [1.29, 1.82) is 0 Å². The average Bonchev–Trinajstić information content (AvgIpc) is 2.76. The molecular formula is C21H21Cl2NO5S. The quantitative estimate of drug-likeness (QED) is 0.345. The maximum atomic E-state index is 13.1. The van der Waals surface area contributed by atoms with E-state index in [9.17, 15) is 13.2 Å². The molecule has 0 unspecified atom stereocenters. The molecule has 0 aromatic heterocycles. The number of carbonyl (C=O) groups is 1. The lowest BCUT2D eigenvalue weighted by Crippen LogP contribution is -2.35. The van der Waals surface area contributed by atoms with Gasteiger partial charge in [0.05, 0.1) is 12.1 Å². The summed E-state index contributed by atoms with van der Waals surface area (Å²) in [7, 11) is -2.28. The topological polar surface area (TPSA) is 72.9 Å². The van der Waals surface area contributed by atoms with Gasteiger partial charge in [0, 0.05) is 19.2 Å². The van der Waals surface area contributed by atoms with Gasteiger partial charge in [-0.3, -0.25) is 0 Å². The van der Waals surface area contributed by atoms with Gasteiger partial charge >= 0.3 is 5.97 Å². The number of halogens is 2. The van der Waals surface area contributed by atoms with Gasteiger partial charge in [-0.25, -0.2) is 13.2 Å². The Balaban J connectivity index is 1.82. The fourth-order valence-corrected chi connectivity index (χ4v) is 5.15. The Hall–Kier alpha value is -2.06. The molecule has 3 rings (SSSR count). The van der Waals surface area contributed by atoms with Crippen LogP contribution in [0.2, 0.25) is 10.0 Å². The molecule has 0 amide bonds. The van der Waals surface area contributed by atoms with Gasteiger partial charge in [-0.05, 0) is 48.7 Å². The number of esters is 1. The van der Waals surface area contributed by atoms with Crippen LogP contribution in [0.5, 0.6) is 11.5 Å². The minimum atomic E-state index is -3.70. The highest BCUT2D eigenvalue weighted by Crippen LogP contribution is 2.32. The number of benzene rings is 2. The minimum absolute atomic E-state index is 0.0697. The summed E-state index contributed by atoms with van der Waals surface area (Å²) in [6.45, 7) is 0.969. The SMILES string of the molecule is COc1ccc(C=CC(=O)Oc2cccc(Cl)c2Cl)cc1S(=O)(=O)N1CCCCC1. The van der Waals surface area contributed by atoms with Crippen LogP contribution < -0.4 is 9.47 Å². The second-order valence-corrected chi connectivity index (χ2v) is 9.37. The molecule has 2 aromatic rings. The van der Waals surface area contributed by atoms with E-state index in [-0.39, 0.29) is 26.4 Å². The summed E-state index contributed by atoms with van der Waals surface area (Å²) < 4.78 is 38.1. The predicted molar refractivity (Wildman–Crippen MR) is 117 cm³/mol. The van der Waals surface area contributed by atoms with E-state index in [1.807, 2.05) is 0 Å². The zero-order valence-electron chi connectivity index (χ0n) is 16.3. The van der Waals surface area contributed by atoms with Gasteiger partial charge in [0.15, 0.2) is 5.75 Å². The van der Waals surface area contributed by atoms with Crippen molar-refractivity contribution in [2.24, 2.45) is 0 Å². The maximum absolute atomic E-state index is 13.1. The summed E-state index contributed by atoms with van der Waals surface area (Å²) in [4.78, 5) is 12.2. The van der Waals surface area contributed by atoms with Gasteiger partial charge in [-0.2, -0.15) is 4.31 Å². The van der Waals surface area contributed by atoms with Crippen LogP contribution in [-0.4, -0.2) is 38.9 Å². The Morgan fingerprint density at radius 2 is 1.80 bits per heavy atom. The highest BCUT2D eigenvalue weighted by molar-refractivity contribution is 7.89. The predicted octanol–water partition coefficient (Wildman–Crippen LogP) is 4.80. The third-order valence-electron chi connectivity index (χ3n) is 4.66. The van der Waals surface area contributed by atoms with Crippen LogP contribution in [0.3, 0.4) is 0 Å². The first-order valence-electron chi connectivity index (χ1n) is 9.35. The van der Waals surface area contributed by atoms with Crippen molar-refractivity contribution in [1.82, 2.24) is 4.31 Å². The van der Waals surface area contributed by atoms with Gasteiger partial charge < -0.3 is 9.47 Å². The molecule has 0 saturated carbocycles. The molecule has 1 heterocycles. The fourth-order valence-electron chi connectivity index (χ4n) is 3.11. The summed E-state index contributed by atoms with van der Waals surface area (Å²) in [5.41, 5.74) is 0.514. The first-order valence-corrected chi connectivity index (χ1v) is 11.5. The summed E-state index contributed by atoms with van der Waals surface area (Å²) >= 11 is 11.9. The molecule has 1 saturated heterocycles. The maximum Gasteiger partial charge on any atom is 0.336 e. The third kappa shape index (κ3) is 5.16. The van der Waals surface area contributed by atoms with Crippen molar-refractivity contribution < 1.29 is 22.7 Å². The van der Waals surface area contributed by atoms with Crippen molar-refractivity contribution in [3.63, 3.8) is 0 Å².